The summed E-state index contributed by atoms with van der Waals surface area (Å²) in [7, 11) is 0. The van der Waals surface area contributed by atoms with Crippen LogP contribution in [-0.4, -0.2) is 119 Å². The Balaban J connectivity index is 1.71. The van der Waals surface area contributed by atoms with E-state index in [0.29, 0.717) is 41.6 Å². The Hall–Kier alpha value is -4.81. The van der Waals surface area contributed by atoms with Gasteiger partial charge in [0.15, 0.2) is 0 Å². The number of hydrogen-bond acceptors (Lipinski definition) is 12. The lowest BCUT2D eigenvalue weighted by Gasteiger charge is -2.31. The van der Waals surface area contributed by atoms with E-state index in [1.54, 1.807) is 24.3 Å². The van der Waals surface area contributed by atoms with E-state index in [-0.39, 0.29) is 69.8 Å². The van der Waals surface area contributed by atoms with Crippen LogP contribution in [0.15, 0.2) is 36.4 Å². The Morgan fingerprint density at radius 2 is 1.58 bits per heavy atom. The molecule has 0 aromatic heterocycles. The topological polar surface area (TPSA) is 301 Å². The molecule has 15 N–H and O–H groups in total. The van der Waals surface area contributed by atoms with Crippen molar-refractivity contribution in [2.75, 3.05) is 32.7 Å². The smallest absolute Gasteiger partial charge is 0.246 e. The number of carbonyl (C=O) groups excluding carboxylic acids is 5. The summed E-state index contributed by atoms with van der Waals surface area (Å²) < 4.78 is 0. The predicted molar refractivity (Wildman–Crippen MR) is 191 cm³/mol. The van der Waals surface area contributed by atoms with Gasteiger partial charge >= 0.3 is 0 Å². The van der Waals surface area contributed by atoms with Gasteiger partial charge in [0.25, 0.3) is 0 Å². The molecule has 1 fully saturated rings. The maximum atomic E-state index is 14.4. The van der Waals surface area contributed by atoms with E-state index in [1.807, 2.05) is 0 Å². The van der Waals surface area contributed by atoms with Crippen LogP contribution in [0.2, 0.25) is 0 Å². The maximum Gasteiger partial charge on any atom is 0.246 e. The molecule has 2 heterocycles. The summed E-state index contributed by atoms with van der Waals surface area (Å²) in [6.45, 7) is 0.651. The van der Waals surface area contributed by atoms with Gasteiger partial charge in [0.1, 0.15) is 35.7 Å². The number of aliphatic hydroxyl groups is 1. The van der Waals surface area contributed by atoms with E-state index in [1.165, 1.54) is 17.0 Å². The average molecular weight is 726 g/mol. The van der Waals surface area contributed by atoms with Crippen molar-refractivity contribution in [2.45, 2.75) is 81.3 Å². The van der Waals surface area contributed by atoms with Gasteiger partial charge in [-0.3, -0.25) is 24.0 Å². The molecule has 2 aliphatic rings. The number of nitrogens with zero attached hydrogens (tertiary/aromatic N) is 1. The molecule has 5 amide bonds. The number of aromatic hydroxyl groups is 2. The first kappa shape index (κ1) is 40.0. The van der Waals surface area contributed by atoms with Crippen LogP contribution < -0.4 is 44.2 Å². The first-order chi connectivity index (χ1) is 24.9. The van der Waals surface area contributed by atoms with Gasteiger partial charge in [-0.2, -0.15) is 0 Å². The van der Waals surface area contributed by atoms with E-state index in [0.717, 1.165) is 0 Å². The molecule has 2 aliphatic heterocycles. The minimum absolute atomic E-state index is 0.0918. The SMILES string of the molecule is NCCC[C@H](NC(=O)[C@@H]1CCCN1C(=O)[C@@H]1Cc2cc(ccc2O)-c2ccc(O)c(c2)C[C@H](N)C(=O)N[C@@H](C[C@@H](O)CN)C(=O)N1)C(=O)NCCN. The molecule has 4 rings (SSSR count). The lowest BCUT2D eigenvalue weighted by molar-refractivity contribution is -0.142. The van der Waals surface area contributed by atoms with Crippen LogP contribution in [0.1, 0.15) is 43.2 Å². The number of phenolic OH excluding ortho intramolecular Hbond substituents is 2. The number of nitrogens with one attached hydrogen (secondary N) is 4. The minimum Gasteiger partial charge on any atom is -0.508 e. The predicted octanol–water partition coefficient (Wildman–Crippen LogP) is -2.84. The first-order valence-corrected chi connectivity index (χ1v) is 17.5. The summed E-state index contributed by atoms with van der Waals surface area (Å²) in [5.41, 5.74) is 24.9. The van der Waals surface area contributed by atoms with Crippen LogP contribution in [-0.2, 0) is 36.8 Å². The highest BCUT2D eigenvalue weighted by Crippen LogP contribution is 2.31. The van der Waals surface area contributed by atoms with E-state index < -0.39 is 65.8 Å². The zero-order valence-electron chi connectivity index (χ0n) is 29.1. The van der Waals surface area contributed by atoms with Crippen molar-refractivity contribution in [1.82, 2.24) is 26.2 Å². The molecule has 17 heteroatoms. The highest BCUT2D eigenvalue weighted by atomic mass is 16.3. The Morgan fingerprint density at radius 3 is 2.19 bits per heavy atom. The average Bonchev–Trinajstić information content (AvgIpc) is 3.63. The number of carbonyl (C=O) groups is 5. The summed E-state index contributed by atoms with van der Waals surface area (Å²) in [6, 6.07) is 3.66. The molecule has 284 valence electrons. The van der Waals surface area contributed by atoms with E-state index in [2.05, 4.69) is 21.3 Å². The molecule has 0 saturated carbocycles. The molecule has 52 heavy (non-hydrogen) atoms. The summed E-state index contributed by atoms with van der Waals surface area (Å²) >= 11 is 0. The van der Waals surface area contributed by atoms with Crippen LogP contribution in [0.25, 0.3) is 11.1 Å². The van der Waals surface area contributed by atoms with Gasteiger partial charge in [0.05, 0.1) is 12.1 Å². The van der Waals surface area contributed by atoms with Gasteiger partial charge in [-0.1, -0.05) is 12.1 Å². The standard InChI is InChI=1S/C35H51N9O8/c36-9-1-3-25(32(49)40-11-10-37)41-34(51)28-4-2-12-44(28)35(52)27-16-22-14-20(6-8-30(22)47)19-5-7-29(46)21(13-19)15-24(39)31(48)42-26(33(50)43-27)17-23(45)18-38/h5-8,13-14,23-28,45-47H,1-4,9-12,15-18,36-39H2,(H,40,49)(H,41,51)(H,42,48)(H,43,50)/t23-,24+,25+,26+,27+,28+/m1/s1. The number of fused-ring (bicyclic) bond motifs is 5. The van der Waals surface area contributed by atoms with Crippen LogP contribution in [0, 0.1) is 0 Å². The first-order valence-electron chi connectivity index (χ1n) is 17.5. The second-order valence-electron chi connectivity index (χ2n) is 13.2. The maximum absolute atomic E-state index is 14.4. The third-order valence-corrected chi connectivity index (χ3v) is 9.33. The lowest BCUT2D eigenvalue weighted by atomic mass is 9.95. The largest absolute Gasteiger partial charge is 0.508 e. The zero-order valence-corrected chi connectivity index (χ0v) is 29.1. The molecule has 6 atom stereocenters. The molecular formula is C35H51N9O8. The Kier molecular flexibility index (Phi) is 14.3. The van der Waals surface area contributed by atoms with Crippen LogP contribution in [0.3, 0.4) is 0 Å². The summed E-state index contributed by atoms with van der Waals surface area (Å²) in [5.74, 6) is -3.47. The summed E-state index contributed by atoms with van der Waals surface area (Å²) in [4.78, 5) is 69.4. The number of benzene rings is 2. The third-order valence-electron chi connectivity index (χ3n) is 9.33. The number of phenols is 2. The molecular weight excluding hydrogens is 674 g/mol. The molecule has 0 aliphatic carbocycles. The zero-order chi connectivity index (χ0) is 37.9. The fourth-order valence-electron chi connectivity index (χ4n) is 6.44. The number of likely N-dealkylation sites (tertiary alicyclic amines) is 1. The minimum atomic E-state index is -1.38. The van der Waals surface area contributed by atoms with Crippen LogP contribution >= 0.6 is 0 Å². The second-order valence-corrected chi connectivity index (χ2v) is 13.2. The monoisotopic (exact) mass is 725 g/mol. The van der Waals surface area contributed by atoms with Gasteiger partial charge in [-0.05, 0) is 78.7 Å². The lowest BCUT2D eigenvalue weighted by Crippen LogP contribution is -2.59. The van der Waals surface area contributed by atoms with E-state index >= 15 is 0 Å². The van der Waals surface area contributed by atoms with Crippen molar-refractivity contribution in [3.63, 3.8) is 0 Å². The summed E-state index contributed by atoms with van der Waals surface area (Å²) in [6.07, 6.45) is -0.360. The number of aliphatic hydroxyl groups excluding tert-OH is 1. The van der Waals surface area contributed by atoms with Crippen molar-refractivity contribution in [1.29, 1.82) is 0 Å². The molecule has 0 radical (unpaired) electrons. The molecule has 0 spiro atoms. The fourth-order valence-corrected chi connectivity index (χ4v) is 6.44. The number of nitrogens with two attached hydrogens (primary N) is 4. The molecule has 1 saturated heterocycles. The highest BCUT2D eigenvalue weighted by molar-refractivity contribution is 5.96. The quantitative estimate of drug-likeness (QED) is 0.105. The van der Waals surface area contributed by atoms with Crippen molar-refractivity contribution < 1.29 is 39.3 Å². The van der Waals surface area contributed by atoms with Gasteiger partial charge < -0.3 is 64.4 Å². The number of hydrogen-bond donors (Lipinski definition) is 11. The number of rotatable bonds is 12. The van der Waals surface area contributed by atoms with Crippen molar-refractivity contribution >= 4 is 29.5 Å². The highest BCUT2D eigenvalue weighted by Gasteiger charge is 2.40. The molecule has 2 aromatic carbocycles. The molecule has 0 unspecified atom stereocenters. The third kappa shape index (κ3) is 10.2. The van der Waals surface area contributed by atoms with E-state index in [4.69, 9.17) is 22.9 Å². The van der Waals surface area contributed by atoms with Crippen molar-refractivity contribution in [3.05, 3.63) is 47.5 Å². The van der Waals surface area contributed by atoms with Crippen LogP contribution in [0.5, 0.6) is 11.5 Å². The van der Waals surface area contributed by atoms with Gasteiger partial charge in [0, 0.05) is 45.4 Å². The normalized spacial score (nSPS) is 21.9. The summed E-state index contributed by atoms with van der Waals surface area (Å²) in [5, 5.41) is 42.6. The van der Waals surface area contributed by atoms with Crippen molar-refractivity contribution in [2.24, 2.45) is 22.9 Å². The molecule has 4 bridgehead atoms. The second kappa shape index (κ2) is 18.6. The molecule has 2 aromatic rings. The fraction of sp³-hybridized carbons (Fsp3) is 0.514. The molecule has 17 nitrogen and oxygen atoms in total. The Morgan fingerprint density at radius 1 is 0.923 bits per heavy atom. The van der Waals surface area contributed by atoms with Crippen molar-refractivity contribution in [3.8, 4) is 22.6 Å². The Labute approximate surface area is 301 Å². The Bertz CT molecular complexity index is 1610. The van der Waals surface area contributed by atoms with Gasteiger partial charge in [-0.15, -0.1) is 0 Å². The van der Waals surface area contributed by atoms with Gasteiger partial charge in [0.2, 0.25) is 29.5 Å². The van der Waals surface area contributed by atoms with Gasteiger partial charge in [-0.25, -0.2) is 0 Å². The van der Waals surface area contributed by atoms with Crippen LogP contribution in [0.4, 0.5) is 0 Å². The van der Waals surface area contributed by atoms with E-state index in [9.17, 15) is 39.3 Å². The number of amides is 5.